The van der Waals surface area contributed by atoms with Crippen molar-refractivity contribution in [2.45, 2.75) is 69.0 Å². The number of carbonyl (C=O) groups excluding carboxylic acids is 1. The molecule has 0 aromatic rings. The SMILES string of the molecule is CCOC(=O)/C=C/C1(CCCCCC[C@@H](C)O)SCCCS1. The van der Waals surface area contributed by atoms with Crippen LogP contribution in [0.2, 0.25) is 0 Å². The van der Waals surface area contributed by atoms with E-state index in [4.69, 9.17) is 4.74 Å². The summed E-state index contributed by atoms with van der Waals surface area (Å²) in [5.41, 5.74) is 0. The first-order chi connectivity index (χ1) is 10.6. The number of thioether (sulfide) groups is 2. The van der Waals surface area contributed by atoms with Gasteiger partial charge >= 0.3 is 5.97 Å². The summed E-state index contributed by atoms with van der Waals surface area (Å²) < 4.78 is 5.04. The maximum Gasteiger partial charge on any atom is 0.330 e. The number of esters is 1. The molecule has 0 aromatic heterocycles. The van der Waals surface area contributed by atoms with Crippen LogP contribution in [-0.4, -0.2) is 39.4 Å². The van der Waals surface area contributed by atoms with Gasteiger partial charge in [0.15, 0.2) is 0 Å². The van der Waals surface area contributed by atoms with Crippen LogP contribution in [0.3, 0.4) is 0 Å². The fourth-order valence-electron chi connectivity index (χ4n) is 2.46. The first kappa shape index (κ1) is 19.9. The number of ether oxygens (including phenoxy) is 1. The van der Waals surface area contributed by atoms with E-state index in [0.29, 0.717) is 6.61 Å². The van der Waals surface area contributed by atoms with E-state index in [9.17, 15) is 9.90 Å². The quantitative estimate of drug-likeness (QED) is 0.361. The zero-order valence-corrected chi connectivity index (χ0v) is 15.5. The molecule has 0 aromatic carbocycles. The standard InChI is InChI=1S/C17H30O3S2/c1-3-20-16(19)10-12-17(21-13-8-14-22-17)11-7-5-4-6-9-15(2)18/h10,12,15,18H,3-9,11,13-14H2,1-2H3/b12-10+/t15-/m1/s1. The largest absolute Gasteiger partial charge is 0.463 e. The fraction of sp³-hybridized carbons (Fsp3) is 0.824. The van der Waals surface area contributed by atoms with Crippen molar-refractivity contribution >= 4 is 29.5 Å². The molecule has 5 heteroatoms. The Morgan fingerprint density at radius 1 is 1.27 bits per heavy atom. The van der Waals surface area contributed by atoms with Crippen molar-refractivity contribution in [2.75, 3.05) is 18.1 Å². The summed E-state index contributed by atoms with van der Waals surface area (Å²) in [5, 5.41) is 9.26. The van der Waals surface area contributed by atoms with Gasteiger partial charge in [-0.05, 0) is 44.6 Å². The number of hydrogen-bond acceptors (Lipinski definition) is 5. The zero-order valence-electron chi connectivity index (χ0n) is 13.9. The summed E-state index contributed by atoms with van der Waals surface area (Å²) in [6, 6.07) is 0. The van der Waals surface area contributed by atoms with E-state index in [0.717, 1.165) is 19.3 Å². The van der Waals surface area contributed by atoms with E-state index in [-0.39, 0.29) is 16.2 Å². The lowest BCUT2D eigenvalue weighted by Gasteiger charge is -2.33. The topological polar surface area (TPSA) is 46.5 Å². The molecule has 1 atom stereocenters. The zero-order chi connectivity index (χ0) is 16.3. The smallest absolute Gasteiger partial charge is 0.330 e. The van der Waals surface area contributed by atoms with Gasteiger partial charge in [-0.15, -0.1) is 23.5 Å². The predicted molar refractivity (Wildman–Crippen MR) is 97.4 cm³/mol. The Hall–Kier alpha value is -0.130. The number of hydrogen-bond donors (Lipinski definition) is 1. The van der Waals surface area contributed by atoms with E-state index < -0.39 is 0 Å². The molecule has 0 bridgehead atoms. The average molecular weight is 347 g/mol. The van der Waals surface area contributed by atoms with Crippen LogP contribution in [0, 0.1) is 0 Å². The summed E-state index contributed by atoms with van der Waals surface area (Å²) in [5.74, 6) is 2.11. The first-order valence-electron chi connectivity index (χ1n) is 8.40. The second kappa shape index (κ2) is 11.4. The molecular formula is C17H30O3S2. The van der Waals surface area contributed by atoms with Gasteiger partial charge in [0, 0.05) is 6.08 Å². The third-order valence-corrected chi connectivity index (χ3v) is 6.99. The molecule has 0 spiro atoms. The second-order valence-corrected chi connectivity index (χ2v) is 8.86. The molecule has 0 saturated carbocycles. The number of unbranched alkanes of at least 4 members (excludes halogenated alkanes) is 3. The highest BCUT2D eigenvalue weighted by molar-refractivity contribution is 8.19. The molecule has 1 N–H and O–H groups in total. The molecule has 1 fully saturated rings. The monoisotopic (exact) mass is 346 g/mol. The summed E-state index contributed by atoms with van der Waals surface area (Å²) in [7, 11) is 0. The van der Waals surface area contributed by atoms with E-state index >= 15 is 0 Å². The number of aliphatic hydroxyl groups excluding tert-OH is 1. The van der Waals surface area contributed by atoms with Crippen molar-refractivity contribution in [3.8, 4) is 0 Å². The Balaban J connectivity index is 2.38. The summed E-state index contributed by atoms with van der Waals surface area (Å²) in [6.45, 7) is 4.11. The lowest BCUT2D eigenvalue weighted by atomic mass is 10.1. The van der Waals surface area contributed by atoms with Gasteiger partial charge in [0.25, 0.3) is 0 Å². The van der Waals surface area contributed by atoms with E-state index in [1.807, 2.05) is 37.4 Å². The predicted octanol–water partition coefficient (Wildman–Crippen LogP) is 4.39. The second-order valence-electron chi connectivity index (χ2n) is 5.75. The van der Waals surface area contributed by atoms with Crippen molar-refractivity contribution in [1.82, 2.24) is 0 Å². The molecule has 0 radical (unpaired) electrons. The van der Waals surface area contributed by atoms with Gasteiger partial charge in [0.1, 0.15) is 0 Å². The molecule has 128 valence electrons. The van der Waals surface area contributed by atoms with Gasteiger partial charge < -0.3 is 9.84 Å². The van der Waals surface area contributed by atoms with Gasteiger partial charge in [-0.2, -0.15) is 0 Å². The van der Waals surface area contributed by atoms with Gasteiger partial charge in [0.05, 0.1) is 16.8 Å². The summed E-state index contributed by atoms with van der Waals surface area (Å²) in [4.78, 5) is 11.6. The molecule has 1 heterocycles. The number of carbonyl (C=O) groups is 1. The van der Waals surface area contributed by atoms with Crippen LogP contribution in [0.1, 0.15) is 58.8 Å². The van der Waals surface area contributed by atoms with Crippen LogP contribution in [-0.2, 0) is 9.53 Å². The molecule has 0 amide bonds. The highest BCUT2D eigenvalue weighted by Gasteiger charge is 2.30. The lowest BCUT2D eigenvalue weighted by Crippen LogP contribution is -2.23. The highest BCUT2D eigenvalue weighted by atomic mass is 32.2. The van der Waals surface area contributed by atoms with Crippen molar-refractivity contribution in [3.63, 3.8) is 0 Å². The lowest BCUT2D eigenvalue weighted by molar-refractivity contribution is -0.137. The average Bonchev–Trinajstić information content (AvgIpc) is 2.50. The third-order valence-electron chi connectivity index (χ3n) is 3.64. The number of rotatable bonds is 10. The number of aliphatic hydroxyl groups is 1. The van der Waals surface area contributed by atoms with Gasteiger partial charge in [-0.3, -0.25) is 0 Å². The van der Waals surface area contributed by atoms with Gasteiger partial charge in [-0.25, -0.2) is 4.79 Å². The fourth-order valence-corrected chi connectivity index (χ4v) is 5.65. The molecular weight excluding hydrogens is 316 g/mol. The maximum absolute atomic E-state index is 11.6. The molecule has 3 nitrogen and oxygen atoms in total. The third kappa shape index (κ3) is 8.49. The van der Waals surface area contributed by atoms with Crippen LogP contribution in [0.25, 0.3) is 0 Å². The van der Waals surface area contributed by atoms with E-state index in [2.05, 4.69) is 6.08 Å². The summed E-state index contributed by atoms with van der Waals surface area (Å²) >= 11 is 3.94. The van der Waals surface area contributed by atoms with E-state index in [1.54, 1.807) is 6.08 Å². The van der Waals surface area contributed by atoms with Crippen LogP contribution < -0.4 is 0 Å². The summed E-state index contributed by atoms with van der Waals surface area (Å²) in [6.07, 6.45) is 11.4. The Morgan fingerprint density at radius 2 is 1.95 bits per heavy atom. The molecule has 0 unspecified atom stereocenters. The van der Waals surface area contributed by atoms with Crippen LogP contribution in [0.15, 0.2) is 12.2 Å². The molecule has 1 aliphatic heterocycles. The Labute approximate surface area is 143 Å². The molecule has 1 saturated heterocycles. The van der Waals surface area contributed by atoms with Gasteiger partial charge in [0.2, 0.25) is 0 Å². The van der Waals surface area contributed by atoms with E-state index in [1.165, 1.54) is 37.2 Å². The van der Waals surface area contributed by atoms with Crippen molar-refractivity contribution < 1.29 is 14.6 Å². The van der Waals surface area contributed by atoms with Crippen molar-refractivity contribution in [3.05, 3.63) is 12.2 Å². The van der Waals surface area contributed by atoms with Crippen LogP contribution >= 0.6 is 23.5 Å². The molecule has 1 aliphatic rings. The Kier molecular flexibility index (Phi) is 10.3. The minimum atomic E-state index is -0.231. The van der Waals surface area contributed by atoms with Crippen LogP contribution in [0.4, 0.5) is 0 Å². The molecule has 22 heavy (non-hydrogen) atoms. The van der Waals surface area contributed by atoms with Gasteiger partial charge in [-0.1, -0.05) is 31.8 Å². The first-order valence-corrected chi connectivity index (χ1v) is 10.4. The highest BCUT2D eigenvalue weighted by Crippen LogP contribution is 2.47. The Morgan fingerprint density at radius 3 is 2.59 bits per heavy atom. The normalized spacial score (nSPS) is 19.2. The molecule has 1 rings (SSSR count). The van der Waals surface area contributed by atoms with Crippen molar-refractivity contribution in [1.29, 1.82) is 0 Å². The van der Waals surface area contributed by atoms with Crippen molar-refractivity contribution in [2.24, 2.45) is 0 Å². The maximum atomic E-state index is 11.6. The Bertz CT molecular complexity index is 337. The van der Waals surface area contributed by atoms with Crippen LogP contribution in [0.5, 0.6) is 0 Å². The minimum Gasteiger partial charge on any atom is -0.463 e. The molecule has 0 aliphatic carbocycles. The minimum absolute atomic E-state index is 0.0509.